The summed E-state index contributed by atoms with van der Waals surface area (Å²) in [6.45, 7) is 0.436. The van der Waals surface area contributed by atoms with Crippen LogP contribution in [0.4, 0.5) is 5.13 Å². The zero-order valence-electron chi connectivity index (χ0n) is 15.5. The molecule has 0 unspecified atom stereocenters. The minimum absolute atomic E-state index is 0.436. The molecule has 0 saturated carbocycles. The summed E-state index contributed by atoms with van der Waals surface area (Å²) in [6, 6.07) is 25.5. The number of nitrogens with one attached hydrogen (secondary N) is 1. The Hall–Kier alpha value is -3.15. The lowest BCUT2D eigenvalue weighted by Gasteiger charge is -2.09. The van der Waals surface area contributed by atoms with Crippen molar-refractivity contribution in [3.63, 3.8) is 0 Å². The van der Waals surface area contributed by atoms with Crippen LogP contribution in [0.25, 0.3) is 11.3 Å². The number of ether oxygens (including phenoxy) is 1. The number of hydrogen-bond acceptors (Lipinski definition) is 5. The van der Waals surface area contributed by atoms with Gasteiger partial charge in [0, 0.05) is 21.5 Å². The van der Waals surface area contributed by atoms with Crippen molar-refractivity contribution in [1.29, 1.82) is 0 Å². The van der Waals surface area contributed by atoms with E-state index < -0.39 is 0 Å². The minimum atomic E-state index is 0.436. The van der Waals surface area contributed by atoms with Crippen LogP contribution in [0.15, 0.2) is 89.3 Å². The minimum Gasteiger partial charge on any atom is -0.488 e. The van der Waals surface area contributed by atoms with Crippen LogP contribution in [-0.2, 0) is 6.61 Å². The molecule has 0 aliphatic rings. The normalized spacial score (nSPS) is 10.9. The fourth-order valence-electron chi connectivity index (χ4n) is 2.73. The predicted molar refractivity (Wildman–Crippen MR) is 121 cm³/mol. The molecule has 29 heavy (non-hydrogen) atoms. The molecule has 3 aromatic carbocycles. The van der Waals surface area contributed by atoms with E-state index in [-0.39, 0.29) is 0 Å². The summed E-state index contributed by atoms with van der Waals surface area (Å²) < 4.78 is 5.95. The molecular weight excluding hydrogens is 402 g/mol. The second kappa shape index (κ2) is 9.37. The van der Waals surface area contributed by atoms with E-state index >= 15 is 0 Å². The first-order valence-corrected chi connectivity index (χ1v) is 10.3. The largest absolute Gasteiger partial charge is 0.488 e. The number of nitrogens with zero attached hydrogens (tertiary/aromatic N) is 2. The Balaban J connectivity index is 1.41. The molecule has 1 heterocycles. The van der Waals surface area contributed by atoms with Crippen LogP contribution in [0.1, 0.15) is 11.1 Å². The van der Waals surface area contributed by atoms with Crippen LogP contribution in [-0.4, -0.2) is 11.2 Å². The van der Waals surface area contributed by atoms with E-state index in [2.05, 4.69) is 15.5 Å². The van der Waals surface area contributed by atoms with E-state index in [1.54, 1.807) is 6.21 Å². The molecule has 0 fully saturated rings. The maximum Gasteiger partial charge on any atom is 0.203 e. The second-order valence-electron chi connectivity index (χ2n) is 6.23. The van der Waals surface area contributed by atoms with E-state index in [0.717, 1.165) is 33.3 Å². The van der Waals surface area contributed by atoms with E-state index in [9.17, 15) is 0 Å². The van der Waals surface area contributed by atoms with Crippen molar-refractivity contribution in [3.05, 3.63) is 100 Å². The van der Waals surface area contributed by atoms with Crippen LogP contribution in [0.5, 0.6) is 5.75 Å². The van der Waals surface area contributed by atoms with Gasteiger partial charge in [-0.3, -0.25) is 5.43 Å². The Morgan fingerprint density at radius 1 is 1.00 bits per heavy atom. The molecule has 1 N–H and O–H groups in total. The first-order chi connectivity index (χ1) is 14.3. The molecule has 6 heteroatoms. The van der Waals surface area contributed by atoms with Gasteiger partial charge in [0.1, 0.15) is 12.4 Å². The molecular formula is C23H18ClN3OS. The average Bonchev–Trinajstić information content (AvgIpc) is 3.23. The fraction of sp³-hybridized carbons (Fsp3) is 0.0435. The monoisotopic (exact) mass is 419 g/mol. The van der Waals surface area contributed by atoms with E-state index in [1.165, 1.54) is 11.3 Å². The molecule has 4 aromatic rings. The Kier molecular flexibility index (Phi) is 6.19. The summed E-state index contributed by atoms with van der Waals surface area (Å²) in [5.74, 6) is 0.752. The van der Waals surface area contributed by atoms with Gasteiger partial charge in [-0.05, 0) is 29.8 Å². The standard InChI is InChI=1S/C23H18ClN3OS/c24-20-11-6-7-17(13-20)15-28-22-12-5-4-10-19(22)14-25-27-23-26-21(16-29-23)18-8-2-1-3-9-18/h1-14,16H,15H2,(H,26,27). The molecule has 144 valence electrons. The Bertz CT molecular complexity index is 1110. The van der Waals surface area contributed by atoms with Gasteiger partial charge in [0.2, 0.25) is 5.13 Å². The van der Waals surface area contributed by atoms with Gasteiger partial charge in [0.25, 0.3) is 0 Å². The van der Waals surface area contributed by atoms with Gasteiger partial charge in [0.15, 0.2) is 0 Å². The first kappa shape index (κ1) is 19.2. The summed E-state index contributed by atoms with van der Waals surface area (Å²) >= 11 is 7.55. The highest BCUT2D eigenvalue weighted by atomic mass is 35.5. The van der Waals surface area contributed by atoms with E-state index in [0.29, 0.717) is 11.6 Å². The predicted octanol–water partition coefficient (Wildman–Crippen LogP) is 6.49. The molecule has 4 rings (SSSR count). The van der Waals surface area contributed by atoms with Gasteiger partial charge in [-0.15, -0.1) is 11.3 Å². The van der Waals surface area contributed by atoms with Crippen molar-refractivity contribution in [2.24, 2.45) is 5.10 Å². The third-order valence-electron chi connectivity index (χ3n) is 4.14. The fourth-order valence-corrected chi connectivity index (χ4v) is 3.61. The summed E-state index contributed by atoms with van der Waals surface area (Å²) in [4.78, 5) is 4.57. The number of para-hydroxylation sites is 1. The summed E-state index contributed by atoms with van der Waals surface area (Å²) in [6.07, 6.45) is 1.73. The van der Waals surface area contributed by atoms with Gasteiger partial charge >= 0.3 is 0 Å². The van der Waals surface area contributed by atoms with Crippen LogP contribution in [0.3, 0.4) is 0 Å². The van der Waals surface area contributed by atoms with Crippen LogP contribution in [0.2, 0.25) is 5.02 Å². The lowest BCUT2D eigenvalue weighted by atomic mass is 10.2. The van der Waals surface area contributed by atoms with Gasteiger partial charge in [-0.25, -0.2) is 4.98 Å². The molecule has 4 nitrogen and oxygen atoms in total. The zero-order valence-corrected chi connectivity index (χ0v) is 17.0. The van der Waals surface area contributed by atoms with E-state index in [1.807, 2.05) is 84.2 Å². The molecule has 0 atom stereocenters. The molecule has 1 aromatic heterocycles. The molecule has 0 bridgehead atoms. The number of thiazole rings is 1. The van der Waals surface area contributed by atoms with Crippen LogP contribution >= 0.6 is 22.9 Å². The Morgan fingerprint density at radius 2 is 1.83 bits per heavy atom. The highest BCUT2D eigenvalue weighted by Crippen LogP contribution is 2.25. The Labute approximate surface area is 178 Å². The first-order valence-electron chi connectivity index (χ1n) is 9.04. The summed E-state index contributed by atoms with van der Waals surface area (Å²) in [5.41, 5.74) is 6.90. The number of hydrazone groups is 1. The number of hydrogen-bond donors (Lipinski definition) is 1. The number of halogens is 1. The lowest BCUT2D eigenvalue weighted by Crippen LogP contribution is -1.99. The number of aromatic nitrogens is 1. The van der Waals surface area contributed by atoms with Crippen molar-refractivity contribution in [2.45, 2.75) is 6.61 Å². The zero-order chi connectivity index (χ0) is 19.9. The third-order valence-corrected chi connectivity index (χ3v) is 5.12. The number of benzene rings is 3. The van der Waals surface area contributed by atoms with Gasteiger partial charge < -0.3 is 4.74 Å². The second-order valence-corrected chi connectivity index (χ2v) is 7.52. The number of rotatable bonds is 7. The number of anilines is 1. The molecule has 0 aliphatic heterocycles. The highest BCUT2D eigenvalue weighted by Gasteiger charge is 2.04. The van der Waals surface area contributed by atoms with Gasteiger partial charge in [-0.2, -0.15) is 5.10 Å². The Morgan fingerprint density at radius 3 is 2.69 bits per heavy atom. The molecule has 0 amide bonds. The molecule has 0 spiro atoms. The van der Waals surface area contributed by atoms with Crippen LogP contribution in [0, 0.1) is 0 Å². The topological polar surface area (TPSA) is 46.5 Å². The van der Waals surface area contributed by atoms with Crippen molar-refractivity contribution in [3.8, 4) is 17.0 Å². The van der Waals surface area contributed by atoms with Gasteiger partial charge in [-0.1, -0.05) is 66.2 Å². The quantitative estimate of drug-likeness (QED) is 0.275. The average molecular weight is 420 g/mol. The maximum absolute atomic E-state index is 6.04. The SMILES string of the molecule is Clc1cccc(COc2ccccc2C=NNc2nc(-c3ccccc3)cs2)c1. The summed E-state index contributed by atoms with van der Waals surface area (Å²) in [5, 5.41) is 7.76. The molecule has 0 radical (unpaired) electrons. The molecule has 0 aliphatic carbocycles. The van der Waals surface area contributed by atoms with Crippen molar-refractivity contribution in [2.75, 3.05) is 5.43 Å². The van der Waals surface area contributed by atoms with Crippen molar-refractivity contribution < 1.29 is 4.74 Å². The molecule has 0 saturated heterocycles. The lowest BCUT2D eigenvalue weighted by molar-refractivity contribution is 0.306. The highest BCUT2D eigenvalue weighted by molar-refractivity contribution is 7.14. The van der Waals surface area contributed by atoms with Crippen LogP contribution < -0.4 is 10.2 Å². The van der Waals surface area contributed by atoms with Crippen molar-refractivity contribution >= 4 is 34.3 Å². The van der Waals surface area contributed by atoms with Gasteiger partial charge in [0.05, 0.1) is 11.9 Å². The maximum atomic E-state index is 6.04. The third kappa shape index (κ3) is 5.22. The van der Waals surface area contributed by atoms with E-state index in [4.69, 9.17) is 16.3 Å². The summed E-state index contributed by atoms with van der Waals surface area (Å²) in [7, 11) is 0. The smallest absolute Gasteiger partial charge is 0.203 e. The van der Waals surface area contributed by atoms with Crippen molar-refractivity contribution in [1.82, 2.24) is 4.98 Å².